The lowest BCUT2D eigenvalue weighted by molar-refractivity contribution is -0.125. The van der Waals surface area contributed by atoms with Gasteiger partial charge in [-0.25, -0.2) is 0 Å². The lowest BCUT2D eigenvalue weighted by Crippen LogP contribution is -2.56. The van der Waals surface area contributed by atoms with Crippen LogP contribution in [0.15, 0.2) is 0 Å². The maximum Gasteiger partial charge on any atom is 0.234 e. The topological polar surface area (TPSA) is 67.6 Å². The van der Waals surface area contributed by atoms with Crippen molar-refractivity contribution in [2.24, 2.45) is 5.73 Å². The molecule has 0 aliphatic carbocycles. The smallest absolute Gasteiger partial charge is 0.234 e. The molecule has 0 atom stereocenters. The van der Waals surface area contributed by atoms with E-state index in [1.165, 1.54) is 0 Å². The van der Waals surface area contributed by atoms with Gasteiger partial charge >= 0.3 is 0 Å². The van der Waals surface area contributed by atoms with Crippen molar-refractivity contribution in [3.8, 4) is 0 Å². The molecule has 0 bridgehead atoms. The van der Waals surface area contributed by atoms with Crippen molar-refractivity contribution < 1.29 is 9.53 Å². The third kappa shape index (κ3) is 4.43. The number of nitrogens with two attached hydrogens (primary N) is 1. The van der Waals surface area contributed by atoms with Gasteiger partial charge in [-0.2, -0.15) is 0 Å². The zero-order valence-corrected chi connectivity index (χ0v) is 13.3. The summed E-state index contributed by atoms with van der Waals surface area (Å²) in [4.78, 5) is 14.5. The summed E-state index contributed by atoms with van der Waals surface area (Å²) in [6.07, 6.45) is 3.78. The van der Waals surface area contributed by atoms with Crippen LogP contribution in [0.4, 0.5) is 0 Å². The van der Waals surface area contributed by atoms with E-state index in [1.807, 2.05) is 0 Å². The molecule has 3 N–H and O–H groups in total. The Kier molecular flexibility index (Phi) is 7.48. The highest BCUT2D eigenvalue weighted by atomic mass is 16.5. The van der Waals surface area contributed by atoms with Crippen LogP contribution in [0.25, 0.3) is 0 Å². The Bertz CT molecular complexity index is 279. The van der Waals surface area contributed by atoms with E-state index in [0.29, 0.717) is 13.1 Å². The van der Waals surface area contributed by atoms with Crippen LogP contribution < -0.4 is 11.1 Å². The number of hydrogen-bond acceptors (Lipinski definition) is 4. The number of hydrogen-bond donors (Lipinski definition) is 2. The van der Waals surface area contributed by atoms with Gasteiger partial charge in [0.05, 0.1) is 6.54 Å². The van der Waals surface area contributed by atoms with Crippen molar-refractivity contribution in [2.45, 2.75) is 58.0 Å². The fourth-order valence-electron chi connectivity index (χ4n) is 3.02. The predicted molar refractivity (Wildman–Crippen MR) is 81.6 cm³/mol. The Labute approximate surface area is 123 Å². The minimum Gasteiger partial charge on any atom is -0.381 e. The summed E-state index contributed by atoms with van der Waals surface area (Å²) in [7, 11) is 0. The molecule has 1 saturated heterocycles. The standard InChI is InChI=1S/C15H31N3O2/c1-4-15(5-2,12-16)18(6-3)11-14(19)17-13-7-9-20-10-8-13/h13H,4-12,16H2,1-3H3,(H,17,19). The fourth-order valence-corrected chi connectivity index (χ4v) is 3.02. The number of nitrogens with one attached hydrogen (secondary N) is 1. The predicted octanol–water partition coefficient (Wildman–Crippen LogP) is 1.12. The average molecular weight is 285 g/mol. The molecule has 0 aromatic rings. The number of amides is 1. The van der Waals surface area contributed by atoms with E-state index < -0.39 is 0 Å². The van der Waals surface area contributed by atoms with Gasteiger partial charge in [-0.15, -0.1) is 0 Å². The maximum absolute atomic E-state index is 12.2. The second-order valence-corrected chi connectivity index (χ2v) is 5.60. The molecule has 1 rings (SSSR count). The summed E-state index contributed by atoms with van der Waals surface area (Å²) < 4.78 is 5.31. The van der Waals surface area contributed by atoms with Crippen LogP contribution >= 0.6 is 0 Å². The highest BCUT2D eigenvalue weighted by Gasteiger charge is 2.32. The van der Waals surface area contributed by atoms with Gasteiger partial charge in [-0.3, -0.25) is 9.69 Å². The van der Waals surface area contributed by atoms with E-state index in [0.717, 1.165) is 45.4 Å². The third-order valence-corrected chi connectivity index (χ3v) is 4.67. The maximum atomic E-state index is 12.2. The first kappa shape index (κ1) is 17.4. The number of rotatable bonds is 8. The van der Waals surface area contributed by atoms with Crippen molar-refractivity contribution in [3.05, 3.63) is 0 Å². The second-order valence-electron chi connectivity index (χ2n) is 5.60. The normalized spacial score (nSPS) is 17.4. The largest absolute Gasteiger partial charge is 0.381 e. The van der Waals surface area contributed by atoms with Crippen LogP contribution in [0, 0.1) is 0 Å². The average Bonchev–Trinajstić information content (AvgIpc) is 2.49. The molecule has 1 aliphatic rings. The summed E-state index contributed by atoms with van der Waals surface area (Å²) in [5, 5.41) is 3.13. The molecule has 0 aromatic carbocycles. The Hall–Kier alpha value is -0.650. The Morgan fingerprint density at radius 3 is 2.35 bits per heavy atom. The van der Waals surface area contributed by atoms with Gasteiger partial charge in [0.25, 0.3) is 0 Å². The molecule has 5 heteroatoms. The van der Waals surface area contributed by atoms with Crippen molar-refractivity contribution >= 4 is 5.91 Å². The van der Waals surface area contributed by atoms with Gasteiger partial charge in [0.1, 0.15) is 0 Å². The molecule has 0 saturated carbocycles. The molecule has 118 valence electrons. The number of nitrogens with zero attached hydrogens (tertiary/aromatic N) is 1. The highest BCUT2D eigenvalue weighted by Crippen LogP contribution is 2.22. The molecular formula is C15H31N3O2. The van der Waals surface area contributed by atoms with Crippen LogP contribution in [0.2, 0.25) is 0 Å². The van der Waals surface area contributed by atoms with Gasteiger partial charge in [0.2, 0.25) is 5.91 Å². The van der Waals surface area contributed by atoms with Crippen molar-refractivity contribution in [1.29, 1.82) is 0 Å². The summed E-state index contributed by atoms with van der Waals surface area (Å²) in [6, 6.07) is 0.269. The third-order valence-electron chi connectivity index (χ3n) is 4.67. The summed E-state index contributed by atoms with van der Waals surface area (Å²) >= 11 is 0. The number of carbonyl (C=O) groups is 1. The molecule has 0 spiro atoms. The van der Waals surface area contributed by atoms with E-state index in [1.54, 1.807) is 0 Å². The molecular weight excluding hydrogens is 254 g/mol. The minimum atomic E-state index is -0.0538. The van der Waals surface area contributed by atoms with Crippen LogP contribution in [0.3, 0.4) is 0 Å². The first-order valence-corrected chi connectivity index (χ1v) is 7.94. The van der Waals surface area contributed by atoms with Crippen LogP contribution in [0.5, 0.6) is 0 Å². The number of ether oxygens (including phenoxy) is 1. The number of likely N-dealkylation sites (N-methyl/N-ethyl adjacent to an activating group) is 1. The second kappa shape index (κ2) is 8.60. The fraction of sp³-hybridized carbons (Fsp3) is 0.933. The van der Waals surface area contributed by atoms with Crippen molar-refractivity contribution in [2.75, 3.05) is 32.8 Å². The quantitative estimate of drug-likeness (QED) is 0.701. The van der Waals surface area contributed by atoms with Crippen LogP contribution in [-0.4, -0.2) is 55.2 Å². The van der Waals surface area contributed by atoms with Crippen LogP contribution in [0.1, 0.15) is 46.5 Å². The summed E-state index contributed by atoms with van der Waals surface area (Å²) in [6.45, 7) is 9.77. The lowest BCUT2D eigenvalue weighted by atomic mass is 9.90. The van der Waals surface area contributed by atoms with Gasteiger partial charge < -0.3 is 15.8 Å². The SMILES string of the molecule is CCN(CC(=O)NC1CCOCC1)C(CC)(CC)CN. The van der Waals surface area contributed by atoms with Crippen molar-refractivity contribution in [3.63, 3.8) is 0 Å². The van der Waals surface area contributed by atoms with E-state index in [-0.39, 0.29) is 17.5 Å². The Balaban J connectivity index is 2.55. The number of carbonyl (C=O) groups excluding carboxylic acids is 1. The molecule has 1 amide bonds. The molecule has 1 heterocycles. The zero-order chi connectivity index (χ0) is 15.0. The van der Waals surface area contributed by atoms with Gasteiger partial charge in [-0.05, 0) is 32.2 Å². The first-order chi connectivity index (χ1) is 9.61. The molecule has 0 aromatic heterocycles. The molecule has 1 aliphatic heterocycles. The minimum absolute atomic E-state index is 0.0538. The van der Waals surface area contributed by atoms with Crippen LogP contribution in [-0.2, 0) is 9.53 Å². The highest BCUT2D eigenvalue weighted by molar-refractivity contribution is 5.78. The molecule has 0 radical (unpaired) electrons. The van der Waals surface area contributed by atoms with Gasteiger partial charge in [-0.1, -0.05) is 20.8 Å². The van der Waals surface area contributed by atoms with E-state index in [4.69, 9.17) is 10.5 Å². The summed E-state index contributed by atoms with van der Waals surface area (Å²) in [5.74, 6) is 0.110. The lowest BCUT2D eigenvalue weighted by Gasteiger charge is -2.41. The molecule has 20 heavy (non-hydrogen) atoms. The molecule has 5 nitrogen and oxygen atoms in total. The van der Waals surface area contributed by atoms with Gasteiger partial charge in [0.15, 0.2) is 0 Å². The van der Waals surface area contributed by atoms with E-state index in [2.05, 4.69) is 31.0 Å². The van der Waals surface area contributed by atoms with E-state index >= 15 is 0 Å². The van der Waals surface area contributed by atoms with E-state index in [9.17, 15) is 4.79 Å². The Morgan fingerprint density at radius 2 is 1.90 bits per heavy atom. The van der Waals surface area contributed by atoms with Crippen molar-refractivity contribution in [1.82, 2.24) is 10.2 Å². The summed E-state index contributed by atoms with van der Waals surface area (Å²) in [5.41, 5.74) is 5.92. The Morgan fingerprint density at radius 1 is 1.30 bits per heavy atom. The molecule has 1 fully saturated rings. The zero-order valence-electron chi connectivity index (χ0n) is 13.3. The molecule has 0 unspecified atom stereocenters. The first-order valence-electron chi connectivity index (χ1n) is 7.94. The van der Waals surface area contributed by atoms with Gasteiger partial charge in [0, 0.05) is 31.3 Å². The monoisotopic (exact) mass is 285 g/mol.